The molecule has 1 aliphatic rings. The van der Waals surface area contributed by atoms with Crippen molar-refractivity contribution < 1.29 is 19.4 Å². The second-order valence-corrected chi connectivity index (χ2v) is 4.65. The lowest BCUT2D eigenvalue weighted by Crippen LogP contribution is -1.95. The molecular formula is C13H11ClN2O4. The third-order valence-corrected chi connectivity index (χ3v) is 3.54. The van der Waals surface area contributed by atoms with E-state index in [-0.39, 0.29) is 12.5 Å². The van der Waals surface area contributed by atoms with E-state index in [4.69, 9.17) is 26.2 Å². The molecule has 0 amide bonds. The molecule has 7 heteroatoms. The van der Waals surface area contributed by atoms with E-state index in [9.17, 15) is 4.79 Å². The van der Waals surface area contributed by atoms with Crippen molar-refractivity contribution in [1.29, 1.82) is 0 Å². The number of hydrogen-bond donors (Lipinski definition) is 2. The summed E-state index contributed by atoms with van der Waals surface area (Å²) >= 11 is 6.32. The zero-order chi connectivity index (χ0) is 14.3. The standard InChI is InChI=1S/C13H11ClN2O4/c1-2-6-7(8-4-9(13(17)18)16-15-8)3-10-12(11(6)14)20-5-19-10/h3-4H,2,5H2,1H3,(H,15,16)(H,17,18). The lowest BCUT2D eigenvalue weighted by Gasteiger charge is -2.10. The predicted molar refractivity (Wildman–Crippen MR) is 71.5 cm³/mol. The summed E-state index contributed by atoms with van der Waals surface area (Å²) < 4.78 is 10.7. The van der Waals surface area contributed by atoms with Crippen LogP contribution < -0.4 is 9.47 Å². The van der Waals surface area contributed by atoms with Gasteiger partial charge in [0.05, 0.1) is 10.7 Å². The van der Waals surface area contributed by atoms with Crippen molar-refractivity contribution in [2.24, 2.45) is 0 Å². The number of carboxylic acids is 1. The van der Waals surface area contributed by atoms with Crippen molar-refractivity contribution in [2.45, 2.75) is 13.3 Å². The molecule has 0 radical (unpaired) electrons. The summed E-state index contributed by atoms with van der Waals surface area (Å²) in [5.74, 6) is 0.0111. The lowest BCUT2D eigenvalue weighted by molar-refractivity contribution is 0.0690. The van der Waals surface area contributed by atoms with Crippen LogP contribution in [0.15, 0.2) is 12.1 Å². The molecule has 0 saturated heterocycles. The maximum absolute atomic E-state index is 10.9. The van der Waals surface area contributed by atoms with Gasteiger partial charge in [0.15, 0.2) is 11.5 Å². The van der Waals surface area contributed by atoms with Gasteiger partial charge in [-0.2, -0.15) is 5.10 Å². The van der Waals surface area contributed by atoms with E-state index in [0.717, 1.165) is 11.1 Å². The number of nitrogens with one attached hydrogen (secondary N) is 1. The number of aromatic carboxylic acids is 1. The van der Waals surface area contributed by atoms with Crippen molar-refractivity contribution in [3.05, 3.63) is 28.4 Å². The molecule has 1 aliphatic heterocycles. The number of ether oxygens (including phenoxy) is 2. The van der Waals surface area contributed by atoms with Gasteiger partial charge in [0.1, 0.15) is 5.69 Å². The molecule has 2 N–H and O–H groups in total. The van der Waals surface area contributed by atoms with Crippen molar-refractivity contribution in [3.8, 4) is 22.8 Å². The molecule has 1 aromatic heterocycles. The number of H-pyrrole nitrogens is 1. The van der Waals surface area contributed by atoms with E-state index in [1.807, 2.05) is 6.92 Å². The topological polar surface area (TPSA) is 84.4 Å². The average Bonchev–Trinajstić information content (AvgIpc) is 3.07. The number of hydrogen-bond acceptors (Lipinski definition) is 4. The Hall–Kier alpha value is -2.21. The SMILES string of the molecule is CCc1c(-c2cc(C(=O)O)[nH]n2)cc2c(c1Cl)OCO2. The van der Waals surface area contributed by atoms with E-state index in [1.54, 1.807) is 6.07 Å². The lowest BCUT2D eigenvalue weighted by atomic mass is 10.0. The van der Waals surface area contributed by atoms with E-state index >= 15 is 0 Å². The molecule has 20 heavy (non-hydrogen) atoms. The molecule has 0 fully saturated rings. The van der Waals surface area contributed by atoms with Crippen molar-refractivity contribution in [3.63, 3.8) is 0 Å². The van der Waals surface area contributed by atoms with Gasteiger partial charge in [-0.05, 0) is 24.1 Å². The molecule has 2 aromatic rings. The number of aromatic nitrogens is 2. The molecule has 0 atom stereocenters. The maximum atomic E-state index is 10.9. The van der Waals surface area contributed by atoms with E-state index in [0.29, 0.717) is 28.6 Å². The van der Waals surface area contributed by atoms with Crippen molar-refractivity contribution in [1.82, 2.24) is 10.2 Å². The van der Waals surface area contributed by atoms with Gasteiger partial charge in [-0.3, -0.25) is 5.10 Å². The summed E-state index contributed by atoms with van der Waals surface area (Å²) in [6.45, 7) is 2.08. The quantitative estimate of drug-likeness (QED) is 0.909. The first-order valence-electron chi connectivity index (χ1n) is 6.01. The third-order valence-electron chi connectivity index (χ3n) is 3.14. The fourth-order valence-electron chi connectivity index (χ4n) is 2.18. The first kappa shape index (κ1) is 12.8. The smallest absolute Gasteiger partial charge is 0.353 e. The molecule has 0 aliphatic carbocycles. The van der Waals surface area contributed by atoms with Crippen molar-refractivity contribution in [2.75, 3.05) is 6.79 Å². The van der Waals surface area contributed by atoms with Gasteiger partial charge in [-0.15, -0.1) is 0 Å². The van der Waals surface area contributed by atoms with Gasteiger partial charge in [-0.25, -0.2) is 4.79 Å². The number of nitrogens with zero attached hydrogens (tertiary/aromatic N) is 1. The highest BCUT2D eigenvalue weighted by atomic mass is 35.5. The molecule has 0 saturated carbocycles. The van der Waals surface area contributed by atoms with Crippen LogP contribution in [0.1, 0.15) is 23.0 Å². The van der Waals surface area contributed by atoms with E-state index in [1.165, 1.54) is 6.07 Å². The molecular weight excluding hydrogens is 284 g/mol. The van der Waals surface area contributed by atoms with Crippen LogP contribution in [-0.4, -0.2) is 28.1 Å². The number of rotatable bonds is 3. The Kier molecular flexibility index (Phi) is 3.02. The van der Waals surface area contributed by atoms with Crippen LogP contribution in [0.2, 0.25) is 5.02 Å². The Bertz CT molecular complexity index is 696. The Morgan fingerprint density at radius 3 is 2.95 bits per heavy atom. The minimum absolute atomic E-state index is 0.0239. The second-order valence-electron chi connectivity index (χ2n) is 4.28. The molecule has 3 rings (SSSR count). The highest BCUT2D eigenvalue weighted by Gasteiger charge is 2.24. The zero-order valence-electron chi connectivity index (χ0n) is 10.6. The van der Waals surface area contributed by atoms with Crippen LogP contribution in [0.25, 0.3) is 11.3 Å². The number of aromatic amines is 1. The molecule has 6 nitrogen and oxygen atoms in total. The Labute approximate surface area is 119 Å². The molecule has 104 valence electrons. The zero-order valence-corrected chi connectivity index (χ0v) is 11.3. The number of carboxylic acid groups (broad SMARTS) is 1. The van der Waals surface area contributed by atoms with Gasteiger partial charge in [0.2, 0.25) is 6.79 Å². The van der Waals surface area contributed by atoms with Gasteiger partial charge in [-0.1, -0.05) is 18.5 Å². The van der Waals surface area contributed by atoms with E-state index < -0.39 is 5.97 Å². The predicted octanol–water partition coefficient (Wildman–Crippen LogP) is 2.72. The molecule has 0 unspecified atom stereocenters. The van der Waals surface area contributed by atoms with Crippen molar-refractivity contribution >= 4 is 17.6 Å². The van der Waals surface area contributed by atoms with Gasteiger partial charge < -0.3 is 14.6 Å². The van der Waals surface area contributed by atoms with Gasteiger partial charge in [0, 0.05) is 5.56 Å². The number of carbonyl (C=O) groups is 1. The van der Waals surface area contributed by atoms with Crippen LogP contribution in [-0.2, 0) is 6.42 Å². The van der Waals surface area contributed by atoms with Gasteiger partial charge in [0.25, 0.3) is 0 Å². The Morgan fingerprint density at radius 2 is 2.30 bits per heavy atom. The summed E-state index contributed by atoms with van der Waals surface area (Å²) in [5.41, 5.74) is 2.13. The van der Waals surface area contributed by atoms with E-state index in [2.05, 4.69) is 10.2 Å². The third kappa shape index (κ3) is 1.89. The Morgan fingerprint density at radius 1 is 1.50 bits per heavy atom. The summed E-state index contributed by atoms with van der Waals surface area (Å²) in [4.78, 5) is 10.9. The van der Waals surface area contributed by atoms with Crippen LogP contribution in [0.3, 0.4) is 0 Å². The first-order valence-corrected chi connectivity index (χ1v) is 6.39. The monoisotopic (exact) mass is 294 g/mol. The maximum Gasteiger partial charge on any atom is 0.353 e. The number of fused-ring (bicyclic) bond motifs is 1. The largest absolute Gasteiger partial charge is 0.477 e. The minimum atomic E-state index is -1.06. The summed E-state index contributed by atoms with van der Waals surface area (Å²) in [7, 11) is 0. The summed E-state index contributed by atoms with van der Waals surface area (Å²) in [5, 5.41) is 15.9. The van der Waals surface area contributed by atoms with Crippen LogP contribution in [0.4, 0.5) is 0 Å². The normalized spacial score (nSPS) is 12.7. The summed E-state index contributed by atoms with van der Waals surface area (Å²) in [6.07, 6.45) is 0.667. The molecule has 0 spiro atoms. The molecule has 0 bridgehead atoms. The number of benzene rings is 1. The molecule has 1 aromatic carbocycles. The fraction of sp³-hybridized carbons (Fsp3) is 0.231. The fourth-order valence-corrected chi connectivity index (χ4v) is 2.57. The summed E-state index contributed by atoms with van der Waals surface area (Å²) in [6, 6.07) is 3.24. The van der Waals surface area contributed by atoms with Crippen LogP contribution >= 0.6 is 11.6 Å². The number of halogens is 1. The van der Waals surface area contributed by atoms with Crippen LogP contribution in [0.5, 0.6) is 11.5 Å². The van der Waals surface area contributed by atoms with Gasteiger partial charge >= 0.3 is 5.97 Å². The minimum Gasteiger partial charge on any atom is -0.477 e. The Balaban J connectivity index is 2.17. The average molecular weight is 295 g/mol. The molecule has 2 heterocycles. The highest BCUT2D eigenvalue weighted by molar-refractivity contribution is 6.33. The van der Waals surface area contributed by atoms with Crippen LogP contribution in [0, 0.1) is 0 Å². The highest BCUT2D eigenvalue weighted by Crippen LogP contribution is 2.45. The first-order chi connectivity index (χ1) is 9.61. The second kappa shape index (κ2) is 4.72.